The molecule has 2 aliphatic rings. The summed E-state index contributed by atoms with van der Waals surface area (Å²) >= 11 is 0. The Morgan fingerprint density at radius 2 is 1.70 bits per heavy atom. The maximum atomic E-state index is 13.2. The van der Waals surface area contributed by atoms with Crippen molar-refractivity contribution in [1.29, 1.82) is 0 Å². The Hall–Kier alpha value is -1.56. The molecule has 126 valence electrons. The summed E-state index contributed by atoms with van der Waals surface area (Å²) in [6.45, 7) is 0. The van der Waals surface area contributed by atoms with Gasteiger partial charge in [-0.3, -0.25) is 4.79 Å². The van der Waals surface area contributed by atoms with Crippen LogP contribution in [0, 0.1) is 5.92 Å². The first kappa shape index (κ1) is 16.3. The molecule has 1 heterocycles. The van der Waals surface area contributed by atoms with E-state index in [9.17, 15) is 23.1 Å². The fraction of sp³-hybridized carbons (Fsp3) is 0.588. The summed E-state index contributed by atoms with van der Waals surface area (Å²) in [5, 5.41) is 13.4. The van der Waals surface area contributed by atoms with Crippen molar-refractivity contribution in [2.24, 2.45) is 5.92 Å². The Kier molecular flexibility index (Phi) is 4.12. The molecule has 23 heavy (non-hydrogen) atoms. The number of hydrogen-bond acceptors (Lipinski definition) is 2. The number of para-hydroxylation sites is 1. The van der Waals surface area contributed by atoms with Crippen molar-refractivity contribution in [3.8, 4) is 0 Å². The molecule has 0 aromatic heterocycles. The lowest BCUT2D eigenvalue weighted by Crippen LogP contribution is -2.42. The van der Waals surface area contributed by atoms with E-state index in [0.29, 0.717) is 12.8 Å². The topological polar surface area (TPSA) is 49.3 Å². The number of fused-ring (bicyclic) bond motifs is 1. The van der Waals surface area contributed by atoms with Crippen molar-refractivity contribution in [2.75, 3.05) is 5.32 Å². The van der Waals surface area contributed by atoms with Gasteiger partial charge >= 0.3 is 6.18 Å². The number of carbonyl (C=O) groups is 1. The Bertz CT molecular complexity index is 606. The monoisotopic (exact) mass is 327 g/mol. The average molecular weight is 327 g/mol. The third kappa shape index (κ3) is 2.73. The number of aliphatic hydroxyl groups is 1. The van der Waals surface area contributed by atoms with Crippen LogP contribution in [0.5, 0.6) is 0 Å². The molecule has 0 saturated heterocycles. The molecule has 1 aromatic carbocycles. The molecule has 1 atom stereocenters. The molecule has 2 N–H and O–H groups in total. The molecule has 0 radical (unpaired) electrons. The van der Waals surface area contributed by atoms with Gasteiger partial charge in [0, 0.05) is 11.5 Å². The van der Waals surface area contributed by atoms with Gasteiger partial charge in [0.15, 0.2) is 5.60 Å². The van der Waals surface area contributed by atoms with Gasteiger partial charge in [-0.1, -0.05) is 44.2 Å². The standard InChI is InChI=1S/C17H20F3NO2/c18-17(19,20)13-10-6-9-12-14(13)21-15(22)16(12,23)11-7-4-2-1-3-5-8-11/h6,9-11,23H,1-5,7-8H2,(H,21,22). The SMILES string of the molecule is O=C1Nc2c(C(F)(F)F)cccc2C1(O)C1CCCCCCC1. The molecule has 1 fully saturated rings. The second-order valence-electron chi connectivity index (χ2n) is 6.49. The maximum Gasteiger partial charge on any atom is 0.418 e. The largest absolute Gasteiger partial charge is 0.418 e. The maximum absolute atomic E-state index is 13.2. The normalized spacial score (nSPS) is 26.3. The second-order valence-corrected chi connectivity index (χ2v) is 6.49. The highest BCUT2D eigenvalue weighted by molar-refractivity contribution is 6.06. The molecule has 1 aliphatic heterocycles. The van der Waals surface area contributed by atoms with E-state index in [-0.39, 0.29) is 17.2 Å². The molecule has 1 aliphatic carbocycles. The molecule has 3 rings (SSSR count). The van der Waals surface area contributed by atoms with E-state index in [0.717, 1.165) is 38.2 Å². The van der Waals surface area contributed by atoms with Crippen LogP contribution < -0.4 is 5.32 Å². The van der Waals surface area contributed by atoms with Gasteiger partial charge in [0.1, 0.15) is 0 Å². The van der Waals surface area contributed by atoms with E-state index < -0.39 is 23.2 Å². The van der Waals surface area contributed by atoms with Gasteiger partial charge in [0.05, 0.1) is 11.3 Å². The summed E-state index contributed by atoms with van der Waals surface area (Å²) in [6.07, 6.45) is 1.70. The Morgan fingerprint density at radius 3 is 2.30 bits per heavy atom. The summed E-state index contributed by atoms with van der Waals surface area (Å²) in [5.74, 6) is -1.07. The minimum atomic E-state index is -4.56. The van der Waals surface area contributed by atoms with Crippen LogP contribution in [0.4, 0.5) is 18.9 Å². The van der Waals surface area contributed by atoms with Crippen LogP contribution in [0.1, 0.15) is 56.1 Å². The number of amides is 1. The predicted molar refractivity (Wildman–Crippen MR) is 79.8 cm³/mol. The first-order valence-corrected chi connectivity index (χ1v) is 8.09. The molecule has 6 heteroatoms. The summed E-state index contributed by atoms with van der Waals surface area (Å²) in [5.41, 5.74) is -2.96. The van der Waals surface area contributed by atoms with Crippen LogP contribution in [0.3, 0.4) is 0 Å². The third-order valence-electron chi connectivity index (χ3n) is 5.06. The molecule has 1 aromatic rings. The molecule has 1 amide bonds. The number of hydrogen-bond donors (Lipinski definition) is 2. The van der Waals surface area contributed by atoms with E-state index in [1.165, 1.54) is 12.1 Å². The lowest BCUT2D eigenvalue weighted by Gasteiger charge is -2.32. The number of nitrogens with one attached hydrogen (secondary N) is 1. The van der Waals surface area contributed by atoms with E-state index in [1.54, 1.807) is 0 Å². The number of alkyl halides is 3. The Morgan fingerprint density at radius 1 is 1.09 bits per heavy atom. The Balaban J connectivity index is 2.03. The molecule has 0 bridgehead atoms. The van der Waals surface area contributed by atoms with Crippen molar-refractivity contribution in [3.05, 3.63) is 29.3 Å². The number of anilines is 1. The smallest absolute Gasteiger partial charge is 0.375 e. The number of halogens is 3. The highest BCUT2D eigenvalue weighted by Crippen LogP contribution is 2.49. The van der Waals surface area contributed by atoms with Crippen LogP contribution in [-0.2, 0) is 16.6 Å². The van der Waals surface area contributed by atoms with Crippen molar-refractivity contribution in [3.63, 3.8) is 0 Å². The highest BCUT2D eigenvalue weighted by Gasteiger charge is 2.52. The van der Waals surface area contributed by atoms with Gasteiger partial charge < -0.3 is 10.4 Å². The highest BCUT2D eigenvalue weighted by atomic mass is 19.4. The Labute approximate surface area is 132 Å². The molecule has 0 spiro atoms. The van der Waals surface area contributed by atoms with Crippen LogP contribution in [-0.4, -0.2) is 11.0 Å². The average Bonchev–Trinajstić information content (AvgIpc) is 2.70. The van der Waals surface area contributed by atoms with Crippen molar-refractivity contribution in [1.82, 2.24) is 0 Å². The zero-order valence-corrected chi connectivity index (χ0v) is 12.7. The van der Waals surface area contributed by atoms with Crippen LogP contribution in [0.15, 0.2) is 18.2 Å². The third-order valence-corrected chi connectivity index (χ3v) is 5.06. The van der Waals surface area contributed by atoms with Gasteiger partial charge in [-0.25, -0.2) is 0 Å². The van der Waals surface area contributed by atoms with Gasteiger partial charge in [-0.2, -0.15) is 13.2 Å². The lowest BCUT2D eigenvalue weighted by molar-refractivity contribution is -0.141. The number of benzene rings is 1. The predicted octanol–water partition coefficient (Wildman–Crippen LogP) is 4.21. The van der Waals surface area contributed by atoms with E-state index in [2.05, 4.69) is 5.32 Å². The first-order valence-electron chi connectivity index (χ1n) is 8.09. The number of carbonyl (C=O) groups excluding carboxylic acids is 1. The quantitative estimate of drug-likeness (QED) is 0.812. The fourth-order valence-electron chi connectivity index (χ4n) is 3.85. The van der Waals surface area contributed by atoms with Gasteiger partial charge in [-0.15, -0.1) is 0 Å². The van der Waals surface area contributed by atoms with Gasteiger partial charge in [-0.05, 0) is 18.9 Å². The second kappa shape index (κ2) is 5.82. The minimum absolute atomic E-state index is 0.0721. The van der Waals surface area contributed by atoms with E-state index in [1.807, 2.05) is 0 Å². The van der Waals surface area contributed by atoms with Crippen LogP contribution in [0.25, 0.3) is 0 Å². The molecule has 3 nitrogen and oxygen atoms in total. The summed E-state index contributed by atoms with van der Waals surface area (Å²) in [6, 6.07) is 3.63. The fourth-order valence-corrected chi connectivity index (χ4v) is 3.85. The number of rotatable bonds is 1. The summed E-state index contributed by atoms with van der Waals surface area (Å²) in [7, 11) is 0. The molecular weight excluding hydrogens is 307 g/mol. The van der Waals surface area contributed by atoms with Crippen molar-refractivity contribution in [2.45, 2.75) is 56.7 Å². The van der Waals surface area contributed by atoms with Gasteiger partial charge in [0.2, 0.25) is 0 Å². The lowest BCUT2D eigenvalue weighted by atomic mass is 9.75. The van der Waals surface area contributed by atoms with E-state index in [4.69, 9.17) is 0 Å². The minimum Gasteiger partial charge on any atom is -0.375 e. The van der Waals surface area contributed by atoms with Crippen LogP contribution >= 0.6 is 0 Å². The zero-order chi connectivity index (χ0) is 16.7. The first-order chi connectivity index (χ1) is 10.8. The van der Waals surface area contributed by atoms with Crippen LogP contribution in [0.2, 0.25) is 0 Å². The molecule has 1 unspecified atom stereocenters. The zero-order valence-electron chi connectivity index (χ0n) is 12.7. The summed E-state index contributed by atoms with van der Waals surface area (Å²) < 4.78 is 39.5. The van der Waals surface area contributed by atoms with E-state index >= 15 is 0 Å². The van der Waals surface area contributed by atoms with Crippen molar-refractivity contribution >= 4 is 11.6 Å². The van der Waals surface area contributed by atoms with Crippen molar-refractivity contribution < 1.29 is 23.1 Å². The van der Waals surface area contributed by atoms with Gasteiger partial charge in [0.25, 0.3) is 5.91 Å². The molecule has 1 saturated carbocycles. The molecular formula is C17H20F3NO2. The summed E-state index contributed by atoms with van der Waals surface area (Å²) in [4.78, 5) is 12.4.